The summed E-state index contributed by atoms with van der Waals surface area (Å²) in [7, 11) is 0. The van der Waals surface area contributed by atoms with Crippen molar-refractivity contribution in [2.75, 3.05) is 5.32 Å². The van der Waals surface area contributed by atoms with E-state index in [1.165, 1.54) is 0 Å². The third-order valence-corrected chi connectivity index (χ3v) is 9.73. The average Bonchev–Trinajstić information content (AvgIpc) is 3.32. The number of likely N-dealkylation sites (tertiary alicyclic amines) is 1. The van der Waals surface area contributed by atoms with Gasteiger partial charge in [0.05, 0.1) is 23.5 Å². The number of ether oxygens (including phenoxy) is 1. The van der Waals surface area contributed by atoms with Crippen LogP contribution < -0.4 is 5.32 Å². The second kappa shape index (κ2) is 8.31. The van der Waals surface area contributed by atoms with Gasteiger partial charge in [-0.25, -0.2) is 4.79 Å². The summed E-state index contributed by atoms with van der Waals surface area (Å²) in [5.41, 5.74) is 0.847. The van der Waals surface area contributed by atoms with Gasteiger partial charge >= 0.3 is 5.97 Å². The Morgan fingerprint density at radius 1 is 1.00 bits per heavy atom. The summed E-state index contributed by atoms with van der Waals surface area (Å²) in [6.45, 7) is 5.11. The molecule has 7 nitrogen and oxygen atoms in total. The number of hydrogen-bond acceptors (Lipinski definition) is 5. The van der Waals surface area contributed by atoms with Crippen molar-refractivity contribution in [3.8, 4) is 0 Å². The first-order valence-corrected chi connectivity index (χ1v) is 12.2. The smallest absolute Gasteiger partial charge is 0.338 e. The first-order chi connectivity index (χ1) is 14.6. The minimum Gasteiger partial charge on any atom is -0.459 e. The number of imide groups is 1. The highest BCUT2D eigenvalue weighted by Gasteiger charge is 2.67. The van der Waals surface area contributed by atoms with E-state index in [1.807, 2.05) is 0 Å². The zero-order valence-electron chi connectivity index (χ0n) is 17.4. The van der Waals surface area contributed by atoms with Crippen LogP contribution in [0.1, 0.15) is 37.6 Å². The molecule has 3 amide bonds. The van der Waals surface area contributed by atoms with Crippen molar-refractivity contribution in [2.45, 2.75) is 49.0 Å². The SMILES string of the molecule is CC(C)OC(=O)c1ccc(NC(=O)[C@H](C)N2C(=O)[C@@H]3[C@H]4C[C@@H]([C@H](Br)[C@H]4Br)[C@H]3C2=O)cc1. The van der Waals surface area contributed by atoms with E-state index in [-0.39, 0.29) is 51.2 Å². The standard InChI is InChI=1S/C22H24Br2N2O5/c1-9(2)31-22(30)11-4-6-12(7-5-11)25-19(27)10(3)26-20(28)15-13-8-14(16(15)21(26)29)18(24)17(13)23/h4-7,9-10,13-18H,8H2,1-3H3,(H,25,27)/t10-,13+,14+,15+,16+,17-,18-/m0/s1. The molecule has 1 aromatic rings. The normalized spacial score (nSPS) is 32.4. The van der Waals surface area contributed by atoms with Crippen molar-refractivity contribution >= 4 is 61.2 Å². The lowest BCUT2D eigenvalue weighted by Gasteiger charge is -2.28. The Kier molecular flexibility index (Phi) is 6.02. The molecule has 2 aliphatic carbocycles. The average molecular weight is 556 g/mol. The number of carbonyl (C=O) groups is 4. The van der Waals surface area contributed by atoms with Crippen LogP contribution in [0, 0.1) is 23.7 Å². The summed E-state index contributed by atoms with van der Waals surface area (Å²) in [5, 5.41) is 2.73. The van der Waals surface area contributed by atoms with Gasteiger partial charge in [0.25, 0.3) is 0 Å². The third kappa shape index (κ3) is 3.73. The molecule has 0 aromatic heterocycles. The van der Waals surface area contributed by atoms with Crippen LogP contribution in [0.15, 0.2) is 24.3 Å². The molecular weight excluding hydrogens is 532 g/mol. The highest BCUT2D eigenvalue weighted by atomic mass is 79.9. The summed E-state index contributed by atoms with van der Waals surface area (Å²) in [4.78, 5) is 52.4. The highest BCUT2D eigenvalue weighted by Crippen LogP contribution is 2.60. The molecular formula is C22H24Br2N2O5. The summed E-state index contributed by atoms with van der Waals surface area (Å²) < 4.78 is 5.15. The summed E-state index contributed by atoms with van der Waals surface area (Å²) >= 11 is 7.33. The van der Waals surface area contributed by atoms with E-state index in [9.17, 15) is 19.2 Å². The summed E-state index contributed by atoms with van der Waals surface area (Å²) in [6.07, 6.45) is 0.621. The molecule has 2 bridgehead atoms. The fourth-order valence-electron chi connectivity index (χ4n) is 5.09. The Labute approximate surface area is 197 Å². The Bertz CT molecular complexity index is 902. The first-order valence-electron chi connectivity index (χ1n) is 10.4. The molecule has 4 rings (SSSR count). The van der Waals surface area contributed by atoms with Crippen molar-refractivity contribution < 1.29 is 23.9 Å². The molecule has 0 unspecified atom stereocenters. The fourth-order valence-corrected chi connectivity index (χ4v) is 6.96. The van der Waals surface area contributed by atoms with E-state index in [1.54, 1.807) is 45.0 Å². The molecule has 0 spiro atoms. The second-order valence-corrected chi connectivity index (χ2v) is 10.9. The van der Waals surface area contributed by atoms with Gasteiger partial charge in [-0.05, 0) is 63.3 Å². The van der Waals surface area contributed by atoms with E-state index in [0.29, 0.717) is 11.3 Å². The third-order valence-electron chi connectivity index (χ3n) is 6.52. The number of hydrogen-bond donors (Lipinski definition) is 1. The number of amides is 3. The number of benzene rings is 1. The molecule has 3 fully saturated rings. The number of halogens is 2. The van der Waals surface area contributed by atoms with E-state index >= 15 is 0 Å². The Balaban J connectivity index is 1.44. The largest absolute Gasteiger partial charge is 0.459 e. The topological polar surface area (TPSA) is 92.8 Å². The molecule has 166 valence electrons. The van der Waals surface area contributed by atoms with Crippen LogP contribution >= 0.6 is 31.9 Å². The number of rotatable bonds is 5. The predicted octanol–water partition coefficient (Wildman–Crippen LogP) is 3.36. The Hall–Kier alpha value is -1.74. The molecule has 3 aliphatic rings. The number of alkyl halides is 2. The highest BCUT2D eigenvalue weighted by molar-refractivity contribution is 9.12. The van der Waals surface area contributed by atoms with Gasteiger partial charge in [0, 0.05) is 15.3 Å². The van der Waals surface area contributed by atoms with Gasteiger partial charge in [-0.1, -0.05) is 31.9 Å². The number of carbonyl (C=O) groups excluding carboxylic acids is 4. The molecule has 1 saturated heterocycles. The van der Waals surface area contributed by atoms with Crippen LogP contribution in [0.4, 0.5) is 5.69 Å². The maximum Gasteiger partial charge on any atom is 0.338 e. The number of anilines is 1. The summed E-state index contributed by atoms with van der Waals surface area (Å²) in [6, 6.07) is 5.39. The van der Waals surface area contributed by atoms with Crippen LogP contribution in [0.2, 0.25) is 0 Å². The predicted molar refractivity (Wildman–Crippen MR) is 121 cm³/mol. The van der Waals surface area contributed by atoms with E-state index < -0.39 is 17.9 Å². The number of nitrogens with one attached hydrogen (secondary N) is 1. The fraction of sp³-hybridized carbons (Fsp3) is 0.545. The van der Waals surface area contributed by atoms with Crippen molar-refractivity contribution in [1.29, 1.82) is 0 Å². The van der Waals surface area contributed by atoms with Crippen LogP contribution in [-0.2, 0) is 19.1 Å². The number of fused-ring (bicyclic) bond motifs is 5. The molecule has 1 N–H and O–H groups in total. The van der Waals surface area contributed by atoms with Gasteiger partial charge in [-0.3, -0.25) is 19.3 Å². The van der Waals surface area contributed by atoms with Crippen molar-refractivity contribution in [2.24, 2.45) is 23.7 Å². The van der Waals surface area contributed by atoms with Crippen molar-refractivity contribution in [1.82, 2.24) is 4.90 Å². The number of esters is 1. The van der Waals surface area contributed by atoms with Crippen LogP contribution in [0.25, 0.3) is 0 Å². The maximum absolute atomic E-state index is 13.1. The molecule has 1 aliphatic heterocycles. The monoisotopic (exact) mass is 554 g/mol. The zero-order chi connectivity index (χ0) is 22.6. The van der Waals surface area contributed by atoms with Crippen LogP contribution in [0.5, 0.6) is 0 Å². The molecule has 1 heterocycles. The minimum absolute atomic E-state index is 0.106. The molecule has 31 heavy (non-hydrogen) atoms. The molecule has 2 saturated carbocycles. The molecule has 1 aromatic carbocycles. The second-order valence-electron chi connectivity index (χ2n) is 8.75. The lowest BCUT2D eigenvalue weighted by atomic mass is 9.81. The maximum atomic E-state index is 13.1. The van der Waals surface area contributed by atoms with Crippen LogP contribution in [-0.4, -0.2) is 50.4 Å². The Morgan fingerprint density at radius 2 is 1.52 bits per heavy atom. The van der Waals surface area contributed by atoms with Crippen LogP contribution in [0.3, 0.4) is 0 Å². The van der Waals surface area contributed by atoms with Gasteiger partial charge in [0.2, 0.25) is 17.7 Å². The van der Waals surface area contributed by atoms with Gasteiger partial charge in [0.15, 0.2) is 0 Å². The van der Waals surface area contributed by atoms with E-state index in [2.05, 4.69) is 37.2 Å². The summed E-state index contributed by atoms with van der Waals surface area (Å²) in [5.74, 6) is -1.87. The minimum atomic E-state index is -0.918. The van der Waals surface area contributed by atoms with E-state index in [0.717, 1.165) is 11.3 Å². The molecule has 0 radical (unpaired) electrons. The number of nitrogens with zero attached hydrogens (tertiary/aromatic N) is 1. The van der Waals surface area contributed by atoms with Gasteiger partial charge in [-0.15, -0.1) is 0 Å². The van der Waals surface area contributed by atoms with Crippen molar-refractivity contribution in [3.63, 3.8) is 0 Å². The van der Waals surface area contributed by atoms with Crippen molar-refractivity contribution in [3.05, 3.63) is 29.8 Å². The van der Waals surface area contributed by atoms with Gasteiger partial charge in [0.1, 0.15) is 6.04 Å². The first kappa shape index (κ1) is 22.5. The Morgan fingerprint density at radius 3 is 2.00 bits per heavy atom. The molecule has 9 heteroatoms. The quantitative estimate of drug-likeness (QED) is 0.342. The van der Waals surface area contributed by atoms with Gasteiger partial charge < -0.3 is 10.1 Å². The lowest BCUT2D eigenvalue weighted by Crippen LogP contribution is -2.46. The van der Waals surface area contributed by atoms with E-state index in [4.69, 9.17) is 4.74 Å². The van der Waals surface area contributed by atoms with Gasteiger partial charge in [-0.2, -0.15) is 0 Å². The lowest BCUT2D eigenvalue weighted by molar-refractivity contribution is -0.146. The molecule has 7 atom stereocenters. The zero-order valence-corrected chi connectivity index (χ0v) is 20.6.